The van der Waals surface area contributed by atoms with Crippen molar-refractivity contribution in [2.75, 3.05) is 6.54 Å². The van der Waals surface area contributed by atoms with Crippen LogP contribution in [0.2, 0.25) is 0 Å². The average Bonchev–Trinajstić information content (AvgIpc) is 2.68. The Bertz CT molecular complexity index is 355. The van der Waals surface area contributed by atoms with Gasteiger partial charge in [0, 0.05) is 13.5 Å². The minimum absolute atomic E-state index is 0.156. The molecule has 2 atom stereocenters. The number of hydrogen-bond acceptors (Lipinski definition) is 3. The van der Waals surface area contributed by atoms with E-state index in [-0.39, 0.29) is 17.7 Å². The summed E-state index contributed by atoms with van der Waals surface area (Å²) in [7, 11) is 0. The van der Waals surface area contributed by atoms with E-state index in [1.54, 1.807) is 11.8 Å². The summed E-state index contributed by atoms with van der Waals surface area (Å²) in [6, 6.07) is -1.02. The first-order valence-electron chi connectivity index (χ1n) is 5.43. The fraction of sp³-hybridized carbons (Fsp3) is 0.700. The lowest BCUT2D eigenvalue weighted by Gasteiger charge is -2.25. The van der Waals surface area contributed by atoms with Crippen molar-refractivity contribution < 1.29 is 14.4 Å². The van der Waals surface area contributed by atoms with E-state index in [0.29, 0.717) is 13.0 Å². The second-order valence-electron chi connectivity index (χ2n) is 4.23. The third-order valence-electron chi connectivity index (χ3n) is 3.15. The molecule has 0 saturated carbocycles. The van der Waals surface area contributed by atoms with Gasteiger partial charge in [-0.3, -0.25) is 19.8 Å². The van der Waals surface area contributed by atoms with Gasteiger partial charge < -0.3 is 4.90 Å². The largest absolute Gasteiger partial charge is 0.329 e. The third-order valence-corrected chi connectivity index (χ3v) is 3.15. The van der Waals surface area contributed by atoms with Gasteiger partial charge in [0.1, 0.15) is 12.1 Å². The Morgan fingerprint density at radius 3 is 2.75 bits per heavy atom. The van der Waals surface area contributed by atoms with Crippen LogP contribution in [0, 0.1) is 0 Å². The summed E-state index contributed by atoms with van der Waals surface area (Å²) in [5.74, 6) is -0.739. The van der Waals surface area contributed by atoms with Crippen LogP contribution in [0.15, 0.2) is 0 Å². The SMILES string of the molecule is CC(=O)N1NC(=O)[C@@H]2CCCN2C(=O)[C@@H]1C. The molecule has 2 saturated heterocycles. The lowest BCUT2D eigenvalue weighted by Crippen LogP contribution is -2.51. The highest BCUT2D eigenvalue weighted by Crippen LogP contribution is 2.22. The zero-order valence-electron chi connectivity index (χ0n) is 9.40. The zero-order chi connectivity index (χ0) is 11.9. The number of carbonyl (C=O) groups excluding carboxylic acids is 3. The minimum Gasteiger partial charge on any atom is -0.329 e. The van der Waals surface area contributed by atoms with E-state index in [1.807, 2.05) is 0 Å². The number of nitrogens with zero attached hydrogens (tertiary/aromatic N) is 2. The molecule has 3 amide bonds. The van der Waals surface area contributed by atoms with E-state index < -0.39 is 12.1 Å². The normalized spacial score (nSPS) is 29.9. The number of nitrogens with one attached hydrogen (secondary N) is 1. The summed E-state index contributed by atoms with van der Waals surface area (Å²) < 4.78 is 0. The van der Waals surface area contributed by atoms with Gasteiger partial charge in [-0.2, -0.15) is 0 Å². The molecule has 0 aromatic heterocycles. The van der Waals surface area contributed by atoms with E-state index in [4.69, 9.17) is 0 Å². The number of amides is 3. The van der Waals surface area contributed by atoms with Crippen molar-refractivity contribution in [3.8, 4) is 0 Å². The highest BCUT2D eigenvalue weighted by atomic mass is 16.2. The maximum atomic E-state index is 12.0. The molecule has 0 unspecified atom stereocenters. The van der Waals surface area contributed by atoms with Crippen LogP contribution in [0.3, 0.4) is 0 Å². The monoisotopic (exact) mass is 225 g/mol. The summed E-state index contributed by atoms with van der Waals surface area (Å²) in [5.41, 5.74) is 2.51. The van der Waals surface area contributed by atoms with Crippen molar-refractivity contribution in [2.24, 2.45) is 0 Å². The molecule has 0 bridgehead atoms. The molecule has 2 heterocycles. The number of hydrazine groups is 1. The smallest absolute Gasteiger partial charge is 0.261 e. The first kappa shape index (κ1) is 10.9. The molecule has 0 aliphatic carbocycles. The van der Waals surface area contributed by atoms with E-state index >= 15 is 0 Å². The highest BCUT2D eigenvalue weighted by Gasteiger charge is 2.42. The Morgan fingerprint density at radius 2 is 2.12 bits per heavy atom. The number of carbonyl (C=O) groups is 3. The predicted molar refractivity (Wildman–Crippen MR) is 54.9 cm³/mol. The van der Waals surface area contributed by atoms with E-state index in [1.165, 1.54) is 6.92 Å². The molecule has 2 rings (SSSR count). The van der Waals surface area contributed by atoms with Crippen LogP contribution in [0.5, 0.6) is 0 Å². The highest BCUT2D eigenvalue weighted by molar-refractivity contribution is 5.95. The Kier molecular flexibility index (Phi) is 2.57. The van der Waals surface area contributed by atoms with Crippen molar-refractivity contribution in [3.05, 3.63) is 0 Å². The van der Waals surface area contributed by atoms with Gasteiger partial charge >= 0.3 is 0 Å². The standard InChI is InChI=1S/C10H15N3O3/c1-6-10(16)12-5-3-4-8(12)9(15)11-13(6)7(2)14/h6,8H,3-5H2,1-2H3,(H,11,15)/t6-,8-/m0/s1. The second kappa shape index (κ2) is 3.77. The lowest BCUT2D eigenvalue weighted by molar-refractivity contribution is -0.145. The third kappa shape index (κ3) is 1.54. The second-order valence-corrected chi connectivity index (χ2v) is 4.23. The van der Waals surface area contributed by atoms with Gasteiger partial charge in [0.25, 0.3) is 5.91 Å². The molecular weight excluding hydrogens is 210 g/mol. The van der Waals surface area contributed by atoms with Gasteiger partial charge in [-0.1, -0.05) is 0 Å². The zero-order valence-corrected chi connectivity index (χ0v) is 9.40. The van der Waals surface area contributed by atoms with Crippen LogP contribution in [-0.4, -0.2) is 46.3 Å². The van der Waals surface area contributed by atoms with Crippen molar-refractivity contribution in [1.29, 1.82) is 0 Å². The molecule has 1 N–H and O–H groups in total. The summed E-state index contributed by atoms with van der Waals surface area (Å²) in [4.78, 5) is 36.7. The van der Waals surface area contributed by atoms with Crippen LogP contribution >= 0.6 is 0 Å². The average molecular weight is 225 g/mol. The molecule has 88 valence electrons. The predicted octanol–water partition coefficient (Wildman–Crippen LogP) is -0.741. The van der Waals surface area contributed by atoms with Crippen LogP contribution < -0.4 is 5.43 Å². The molecule has 2 aliphatic rings. The van der Waals surface area contributed by atoms with Gasteiger partial charge in [0.15, 0.2) is 0 Å². The molecule has 0 aromatic rings. The van der Waals surface area contributed by atoms with E-state index in [9.17, 15) is 14.4 Å². The van der Waals surface area contributed by atoms with Gasteiger partial charge in [0.05, 0.1) is 0 Å². The molecule has 2 fully saturated rings. The van der Waals surface area contributed by atoms with Crippen LogP contribution in [0.1, 0.15) is 26.7 Å². The quantitative estimate of drug-likeness (QED) is 0.590. The molecule has 2 aliphatic heterocycles. The van der Waals surface area contributed by atoms with Crippen LogP contribution in [0.4, 0.5) is 0 Å². The van der Waals surface area contributed by atoms with Gasteiger partial charge in [0.2, 0.25) is 11.8 Å². The molecule has 0 radical (unpaired) electrons. The van der Waals surface area contributed by atoms with Crippen molar-refractivity contribution >= 4 is 17.7 Å². The van der Waals surface area contributed by atoms with Gasteiger partial charge in [-0.15, -0.1) is 0 Å². The van der Waals surface area contributed by atoms with Crippen molar-refractivity contribution in [2.45, 2.75) is 38.8 Å². The van der Waals surface area contributed by atoms with E-state index in [2.05, 4.69) is 5.43 Å². The maximum absolute atomic E-state index is 12.0. The Hall–Kier alpha value is -1.59. The fourth-order valence-electron chi connectivity index (χ4n) is 2.29. The first-order valence-corrected chi connectivity index (χ1v) is 5.43. The van der Waals surface area contributed by atoms with Crippen molar-refractivity contribution in [3.63, 3.8) is 0 Å². The summed E-state index contributed by atoms with van der Waals surface area (Å²) in [6.07, 6.45) is 1.52. The fourth-order valence-corrected chi connectivity index (χ4v) is 2.29. The first-order chi connectivity index (χ1) is 7.52. The Labute approximate surface area is 93.5 Å². The van der Waals surface area contributed by atoms with Gasteiger partial charge in [-0.25, -0.2) is 5.01 Å². The Morgan fingerprint density at radius 1 is 1.44 bits per heavy atom. The minimum atomic E-state index is -0.621. The van der Waals surface area contributed by atoms with Crippen LogP contribution in [-0.2, 0) is 14.4 Å². The lowest BCUT2D eigenvalue weighted by atomic mass is 10.2. The summed E-state index contributed by atoms with van der Waals surface area (Å²) in [6.45, 7) is 3.57. The summed E-state index contributed by atoms with van der Waals surface area (Å²) >= 11 is 0. The maximum Gasteiger partial charge on any atom is 0.261 e. The summed E-state index contributed by atoms with van der Waals surface area (Å²) in [5, 5.41) is 1.11. The molecule has 0 aromatic carbocycles. The number of fused-ring (bicyclic) bond motifs is 1. The van der Waals surface area contributed by atoms with Crippen molar-refractivity contribution in [1.82, 2.24) is 15.3 Å². The topological polar surface area (TPSA) is 69.7 Å². The molecule has 6 heteroatoms. The molecule has 16 heavy (non-hydrogen) atoms. The molecular formula is C10H15N3O3. The molecule has 6 nitrogen and oxygen atoms in total. The number of rotatable bonds is 0. The van der Waals surface area contributed by atoms with E-state index in [0.717, 1.165) is 11.4 Å². The van der Waals surface area contributed by atoms with Crippen LogP contribution in [0.25, 0.3) is 0 Å². The van der Waals surface area contributed by atoms with Gasteiger partial charge in [-0.05, 0) is 19.8 Å². The Balaban J connectivity index is 2.30. The molecule has 0 spiro atoms. The number of hydrogen-bond donors (Lipinski definition) is 1.